The Bertz CT molecular complexity index is 217. The minimum absolute atomic E-state index is 0.267. The van der Waals surface area contributed by atoms with E-state index in [2.05, 4.69) is 19.2 Å². The lowest BCUT2D eigenvalue weighted by Crippen LogP contribution is -2.25. The summed E-state index contributed by atoms with van der Waals surface area (Å²) >= 11 is 0. The fourth-order valence-corrected chi connectivity index (χ4v) is 2.16. The highest BCUT2D eigenvalue weighted by Gasteiger charge is 1.99. The number of rotatable bonds is 13. The van der Waals surface area contributed by atoms with Crippen molar-refractivity contribution < 1.29 is 9.53 Å². The molecule has 0 aliphatic rings. The number of amides is 1. The molecule has 0 aromatic heterocycles. The second kappa shape index (κ2) is 14.7. The summed E-state index contributed by atoms with van der Waals surface area (Å²) in [5.74, 6) is 0.851. The molecule has 3 nitrogen and oxygen atoms in total. The Balaban J connectivity index is 3.08. The van der Waals surface area contributed by atoms with E-state index in [0.717, 1.165) is 18.8 Å². The normalized spacial score (nSPS) is 10.8. The van der Waals surface area contributed by atoms with Gasteiger partial charge >= 0.3 is 6.09 Å². The predicted octanol–water partition coefficient (Wildman–Crippen LogP) is 5.29. The van der Waals surface area contributed by atoms with Crippen molar-refractivity contribution in [3.8, 4) is 0 Å². The molecule has 0 rings (SSSR count). The van der Waals surface area contributed by atoms with Crippen LogP contribution in [0.4, 0.5) is 4.79 Å². The van der Waals surface area contributed by atoms with Crippen LogP contribution in [-0.2, 0) is 4.74 Å². The number of carbonyl (C=O) groups is 1. The van der Waals surface area contributed by atoms with Gasteiger partial charge < -0.3 is 10.1 Å². The van der Waals surface area contributed by atoms with Crippen LogP contribution in [0.2, 0.25) is 0 Å². The van der Waals surface area contributed by atoms with Crippen LogP contribution in [0.5, 0.6) is 0 Å². The van der Waals surface area contributed by atoms with Crippen molar-refractivity contribution in [1.82, 2.24) is 5.32 Å². The van der Waals surface area contributed by atoms with Gasteiger partial charge in [-0.2, -0.15) is 0 Å². The first kappa shape index (κ1) is 19.3. The van der Waals surface area contributed by atoms with Crippen LogP contribution >= 0.6 is 0 Å². The van der Waals surface area contributed by atoms with Gasteiger partial charge in [-0.25, -0.2) is 4.79 Å². The summed E-state index contributed by atoms with van der Waals surface area (Å²) in [4.78, 5) is 11.2. The second-order valence-corrected chi connectivity index (χ2v) is 6.07. The Hall–Kier alpha value is -0.730. The van der Waals surface area contributed by atoms with E-state index >= 15 is 0 Å². The molecule has 0 aromatic rings. The van der Waals surface area contributed by atoms with E-state index < -0.39 is 0 Å². The van der Waals surface area contributed by atoms with E-state index in [-0.39, 0.29) is 6.09 Å². The maximum atomic E-state index is 11.2. The average molecular weight is 285 g/mol. The van der Waals surface area contributed by atoms with E-state index in [0.29, 0.717) is 13.2 Å². The van der Waals surface area contributed by atoms with Gasteiger partial charge in [-0.3, -0.25) is 0 Å². The van der Waals surface area contributed by atoms with Crippen molar-refractivity contribution >= 4 is 6.09 Å². The number of ether oxygens (including phenoxy) is 1. The van der Waals surface area contributed by atoms with Crippen LogP contribution in [0.3, 0.4) is 0 Å². The Labute approximate surface area is 125 Å². The maximum Gasteiger partial charge on any atom is 0.407 e. The smallest absolute Gasteiger partial charge is 0.407 e. The van der Waals surface area contributed by atoms with E-state index in [4.69, 9.17) is 4.74 Å². The van der Waals surface area contributed by atoms with E-state index in [9.17, 15) is 4.79 Å². The molecule has 0 saturated carbocycles. The summed E-state index contributed by atoms with van der Waals surface area (Å²) in [6, 6.07) is 0. The summed E-state index contributed by atoms with van der Waals surface area (Å²) in [6.45, 7) is 7.89. The molecule has 0 fully saturated rings. The topological polar surface area (TPSA) is 38.3 Å². The first-order chi connectivity index (χ1) is 9.66. The van der Waals surface area contributed by atoms with Crippen molar-refractivity contribution in [2.45, 2.75) is 85.0 Å². The van der Waals surface area contributed by atoms with Crippen LogP contribution < -0.4 is 5.32 Å². The Kier molecular flexibility index (Phi) is 14.1. The van der Waals surface area contributed by atoms with Crippen LogP contribution in [-0.4, -0.2) is 19.2 Å². The monoisotopic (exact) mass is 285 g/mol. The average Bonchev–Trinajstić information content (AvgIpc) is 2.42. The summed E-state index contributed by atoms with van der Waals surface area (Å²) in [7, 11) is 0. The number of carbonyl (C=O) groups excluding carboxylic acids is 1. The van der Waals surface area contributed by atoms with Crippen molar-refractivity contribution in [3.05, 3.63) is 0 Å². The van der Waals surface area contributed by atoms with E-state index in [1.54, 1.807) is 0 Å². The van der Waals surface area contributed by atoms with Crippen molar-refractivity contribution in [2.75, 3.05) is 13.2 Å². The molecule has 20 heavy (non-hydrogen) atoms. The third kappa shape index (κ3) is 15.3. The first-order valence-corrected chi connectivity index (χ1v) is 8.57. The molecule has 0 aliphatic carbocycles. The van der Waals surface area contributed by atoms with Gasteiger partial charge in [0.25, 0.3) is 0 Å². The highest BCUT2D eigenvalue weighted by atomic mass is 16.5. The quantitative estimate of drug-likeness (QED) is 0.467. The zero-order valence-corrected chi connectivity index (χ0v) is 13.9. The van der Waals surface area contributed by atoms with Gasteiger partial charge in [0.05, 0.1) is 6.61 Å². The van der Waals surface area contributed by atoms with Gasteiger partial charge in [0, 0.05) is 6.54 Å². The largest absolute Gasteiger partial charge is 0.450 e. The lowest BCUT2D eigenvalue weighted by molar-refractivity contribution is 0.144. The molecule has 0 radical (unpaired) electrons. The number of hydrogen-bond donors (Lipinski definition) is 1. The number of alkyl carbamates (subject to hydrolysis) is 1. The molecule has 0 aliphatic heterocycles. The summed E-state index contributed by atoms with van der Waals surface area (Å²) in [5.41, 5.74) is 0. The Morgan fingerprint density at radius 2 is 1.50 bits per heavy atom. The maximum absolute atomic E-state index is 11.2. The molecule has 0 heterocycles. The van der Waals surface area contributed by atoms with Crippen molar-refractivity contribution in [1.29, 1.82) is 0 Å². The number of nitrogens with one attached hydrogen (secondary N) is 1. The number of hydrogen-bond acceptors (Lipinski definition) is 2. The van der Waals surface area contributed by atoms with Crippen LogP contribution in [0.15, 0.2) is 0 Å². The summed E-state index contributed by atoms with van der Waals surface area (Å²) in [5, 5.41) is 2.71. The minimum Gasteiger partial charge on any atom is -0.450 e. The predicted molar refractivity (Wildman–Crippen MR) is 86.0 cm³/mol. The van der Waals surface area contributed by atoms with Gasteiger partial charge in [0.2, 0.25) is 0 Å². The van der Waals surface area contributed by atoms with Gasteiger partial charge in [-0.05, 0) is 18.8 Å². The summed E-state index contributed by atoms with van der Waals surface area (Å²) < 4.78 is 5.08. The molecule has 0 atom stereocenters. The molecule has 1 N–H and O–H groups in total. The Morgan fingerprint density at radius 1 is 0.950 bits per heavy atom. The SMILES string of the molecule is CCCNC(=O)OCCCCCCCCCCC(C)C. The molecule has 3 heteroatoms. The molecule has 0 saturated heterocycles. The van der Waals surface area contributed by atoms with Crippen LogP contribution in [0.1, 0.15) is 85.0 Å². The third-order valence-electron chi connectivity index (χ3n) is 3.43. The van der Waals surface area contributed by atoms with Crippen molar-refractivity contribution in [3.63, 3.8) is 0 Å². The number of unbranched alkanes of at least 4 members (excludes halogenated alkanes) is 7. The van der Waals surface area contributed by atoms with E-state index in [1.165, 1.54) is 51.4 Å². The molecule has 1 amide bonds. The lowest BCUT2D eigenvalue weighted by Gasteiger charge is -2.06. The molecular formula is C17H35NO2. The minimum atomic E-state index is -0.267. The zero-order chi connectivity index (χ0) is 15.1. The zero-order valence-electron chi connectivity index (χ0n) is 13.9. The third-order valence-corrected chi connectivity index (χ3v) is 3.43. The fourth-order valence-electron chi connectivity index (χ4n) is 2.16. The molecule has 120 valence electrons. The molecular weight excluding hydrogens is 250 g/mol. The highest BCUT2D eigenvalue weighted by Crippen LogP contribution is 2.12. The van der Waals surface area contributed by atoms with Crippen molar-refractivity contribution in [2.24, 2.45) is 5.92 Å². The molecule has 0 spiro atoms. The lowest BCUT2D eigenvalue weighted by atomic mass is 10.0. The van der Waals surface area contributed by atoms with Gasteiger partial charge in [0.1, 0.15) is 0 Å². The molecule has 0 bridgehead atoms. The Morgan fingerprint density at radius 3 is 2.05 bits per heavy atom. The standard InChI is InChI=1S/C17H35NO2/c1-4-14-18-17(19)20-15-12-10-8-6-5-7-9-11-13-16(2)3/h16H,4-15H2,1-3H3,(H,18,19). The van der Waals surface area contributed by atoms with Crippen LogP contribution in [0.25, 0.3) is 0 Å². The first-order valence-electron chi connectivity index (χ1n) is 8.57. The highest BCUT2D eigenvalue weighted by molar-refractivity contribution is 5.66. The van der Waals surface area contributed by atoms with E-state index in [1.807, 2.05) is 6.92 Å². The fraction of sp³-hybridized carbons (Fsp3) is 0.941. The van der Waals surface area contributed by atoms with Gasteiger partial charge in [-0.15, -0.1) is 0 Å². The molecule has 0 aromatic carbocycles. The van der Waals surface area contributed by atoms with Gasteiger partial charge in [0.15, 0.2) is 0 Å². The summed E-state index contributed by atoms with van der Waals surface area (Å²) in [6.07, 6.45) is 12.3. The van der Waals surface area contributed by atoms with Crippen LogP contribution in [0, 0.1) is 5.92 Å². The molecule has 0 unspecified atom stereocenters. The van der Waals surface area contributed by atoms with Gasteiger partial charge in [-0.1, -0.05) is 72.1 Å². The second-order valence-electron chi connectivity index (χ2n) is 6.07.